The number of furan rings is 1. The van der Waals surface area contributed by atoms with Gasteiger partial charge in [0.15, 0.2) is 4.90 Å². The zero-order valence-corrected chi connectivity index (χ0v) is 19.7. The highest BCUT2D eigenvalue weighted by Gasteiger charge is 2.25. The van der Waals surface area contributed by atoms with Gasteiger partial charge in [-0.2, -0.15) is 0 Å². The molecule has 0 saturated heterocycles. The fourth-order valence-electron chi connectivity index (χ4n) is 3.22. The fraction of sp³-hybridized carbons (Fsp3) is 0.286. The number of benzene rings is 2. The molecule has 1 fully saturated rings. The fourth-order valence-corrected chi connectivity index (χ4v) is 5.36. The second-order valence-electron chi connectivity index (χ2n) is 7.14. The third kappa shape index (κ3) is 4.27. The lowest BCUT2D eigenvalue weighted by molar-refractivity contribution is 0.468. The third-order valence-electron chi connectivity index (χ3n) is 5.03. The summed E-state index contributed by atoms with van der Waals surface area (Å²) >= 11 is 5.38. The molecule has 3 aromatic rings. The maximum atomic E-state index is 12.5. The van der Waals surface area contributed by atoms with Crippen molar-refractivity contribution in [3.05, 3.63) is 56.2 Å². The topological polar surface area (TPSA) is 92.3 Å². The van der Waals surface area contributed by atoms with E-state index in [-0.39, 0.29) is 5.75 Å². The van der Waals surface area contributed by atoms with Crippen molar-refractivity contribution in [3.8, 4) is 5.75 Å². The number of rotatable bonds is 7. The summed E-state index contributed by atoms with van der Waals surface area (Å²) in [6.45, 7) is 2.75. The molecule has 1 aliphatic rings. The smallest absolute Gasteiger partial charge is 0.177 e. The predicted molar refractivity (Wildman–Crippen MR) is 122 cm³/mol. The summed E-state index contributed by atoms with van der Waals surface area (Å²) in [6, 6.07) is 8.92. The molecule has 3 N–H and O–H groups in total. The van der Waals surface area contributed by atoms with Gasteiger partial charge in [-0.05, 0) is 74.9 Å². The SMILES string of the molecule is CCc1oc2cc([S+]([O-])NCC3CC3)ccc2c1C(=N)c1cc(Br)c(O)c(Br)c1. The summed E-state index contributed by atoms with van der Waals surface area (Å²) in [6.07, 6.45) is 3.04. The lowest BCUT2D eigenvalue weighted by atomic mass is 9.98. The number of phenolic OH excluding ortho intramolecular Hbond substituents is 1. The number of aromatic hydroxyl groups is 1. The minimum absolute atomic E-state index is 0.0973. The Morgan fingerprint density at radius 3 is 2.59 bits per heavy atom. The van der Waals surface area contributed by atoms with Gasteiger partial charge >= 0.3 is 0 Å². The molecule has 1 aliphatic carbocycles. The highest BCUT2D eigenvalue weighted by molar-refractivity contribution is 9.11. The van der Waals surface area contributed by atoms with Crippen molar-refractivity contribution in [3.63, 3.8) is 0 Å². The number of nitrogens with one attached hydrogen (secondary N) is 2. The monoisotopic (exact) mass is 538 g/mol. The Labute approximate surface area is 189 Å². The average Bonchev–Trinajstić information content (AvgIpc) is 3.47. The third-order valence-corrected chi connectivity index (χ3v) is 7.35. The Balaban J connectivity index is 1.71. The summed E-state index contributed by atoms with van der Waals surface area (Å²) in [5.41, 5.74) is 2.30. The van der Waals surface area contributed by atoms with Gasteiger partial charge < -0.3 is 14.1 Å². The van der Waals surface area contributed by atoms with E-state index in [2.05, 4.69) is 36.6 Å². The van der Waals surface area contributed by atoms with Crippen molar-refractivity contribution in [2.24, 2.45) is 5.92 Å². The number of aryl methyl sites for hydroxylation is 1. The van der Waals surface area contributed by atoms with E-state index in [9.17, 15) is 9.66 Å². The molecular weight excluding hydrogens is 520 g/mol. The number of halogens is 2. The van der Waals surface area contributed by atoms with Crippen LogP contribution in [0, 0.1) is 11.3 Å². The molecule has 8 heteroatoms. The van der Waals surface area contributed by atoms with Crippen LogP contribution in [0.1, 0.15) is 36.7 Å². The highest BCUT2D eigenvalue weighted by atomic mass is 79.9. The standard InChI is InChI=1S/C21H20Br2N2O3S/c1-2-17-19(20(24)12-7-15(22)21(26)16(23)8-12)14-6-5-13(9-18(14)28-17)29(27)25-10-11-3-4-11/h5-9,11,24-26H,2-4,10H2,1H3. The van der Waals surface area contributed by atoms with Crippen LogP contribution in [0.25, 0.3) is 11.0 Å². The van der Waals surface area contributed by atoms with E-state index in [0.29, 0.717) is 48.8 Å². The lowest BCUT2D eigenvalue weighted by Gasteiger charge is -2.10. The van der Waals surface area contributed by atoms with Crippen LogP contribution in [0.4, 0.5) is 0 Å². The maximum Gasteiger partial charge on any atom is 0.177 e. The Bertz CT molecular complexity index is 1070. The molecule has 0 amide bonds. The molecule has 29 heavy (non-hydrogen) atoms. The van der Waals surface area contributed by atoms with Crippen LogP contribution in [-0.2, 0) is 17.8 Å². The van der Waals surface area contributed by atoms with E-state index in [4.69, 9.17) is 9.83 Å². The molecule has 0 spiro atoms. The van der Waals surface area contributed by atoms with Crippen molar-refractivity contribution < 1.29 is 14.1 Å². The van der Waals surface area contributed by atoms with Crippen molar-refractivity contribution in [1.82, 2.24) is 4.72 Å². The molecule has 0 radical (unpaired) electrons. The van der Waals surface area contributed by atoms with Crippen LogP contribution in [0.2, 0.25) is 0 Å². The molecule has 1 unspecified atom stereocenters. The first-order valence-electron chi connectivity index (χ1n) is 9.37. The molecule has 2 aromatic carbocycles. The van der Waals surface area contributed by atoms with Gasteiger partial charge in [-0.25, -0.2) is 0 Å². The van der Waals surface area contributed by atoms with Crippen LogP contribution >= 0.6 is 31.9 Å². The zero-order chi connectivity index (χ0) is 20.7. The minimum atomic E-state index is -1.28. The second-order valence-corrected chi connectivity index (χ2v) is 10.1. The molecule has 152 valence electrons. The molecule has 1 atom stereocenters. The van der Waals surface area contributed by atoms with Crippen LogP contribution in [0.15, 0.2) is 48.6 Å². The quantitative estimate of drug-likeness (QED) is 0.266. The van der Waals surface area contributed by atoms with Gasteiger partial charge in [-0.3, -0.25) is 5.41 Å². The summed E-state index contributed by atoms with van der Waals surface area (Å²) in [5, 5.41) is 19.6. The molecule has 1 heterocycles. The van der Waals surface area contributed by atoms with E-state index in [1.54, 1.807) is 18.2 Å². The molecule has 5 nitrogen and oxygen atoms in total. The van der Waals surface area contributed by atoms with Gasteiger partial charge in [-0.15, -0.1) is 4.72 Å². The second kappa shape index (κ2) is 8.43. The number of hydrogen-bond acceptors (Lipinski definition) is 5. The Hall–Kier alpha value is -1.32. The van der Waals surface area contributed by atoms with Gasteiger partial charge in [0.05, 0.1) is 26.0 Å². The zero-order valence-electron chi connectivity index (χ0n) is 15.7. The first-order chi connectivity index (χ1) is 13.9. The Kier molecular flexibility index (Phi) is 6.09. The molecule has 1 aromatic heterocycles. The van der Waals surface area contributed by atoms with Crippen LogP contribution in [-0.4, -0.2) is 21.9 Å². The summed E-state index contributed by atoms with van der Waals surface area (Å²) < 4.78 is 22.7. The van der Waals surface area contributed by atoms with Crippen LogP contribution < -0.4 is 4.72 Å². The summed E-state index contributed by atoms with van der Waals surface area (Å²) in [7, 11) is 0. The van der Waals surface area contributed by atoms with E-state index in [0.717, 1.165) is 17.5 Å². The van der Waals surface area contributed by atoms with E-state index in [1.807, 2.05) is 19.1 Å². The van der Waals surface area contributed by atoms with Crippen LogP contribution in [0.3, 0.4) is 0 Å². The Morgan fingerprint density at radius 2 is 1.97 bits per heavy atom. The van der Waals surface area contributed by atoms with Gasteiger partial charge in [0, 0.05) is 35.5 Å². The van der Waals surface area contributed by atoms with E-state index < -0.39 is 11.4 Å². The summed E-state index contributed by atoms with van der Waals surface area (Å²) in [5.74, 6) is 1.45. The first-order valence-corrected chi connectivity index (χ1v) is 12.1. The normalized spacial score (nSPS) is 15.0. The van der Waals surface area contributed by atoms with Crippen LogP contribution in [0.5, 0.6) is 5.75 Å². The van der Waals surface area contributed by atoms with Crippen molar-refractivity contribution >= 4 is 59.9 Å². The van der Waals surface area contributed by atoms with Gasteiger partial charge in [0.2, 0.25) is 0 Å². The van der Waals surface area contributed by atoms with E-state index >= 15 is 0 Å². The molecule has 1 saturated carbocycles. The van der Waals surface area contributed by atoms with Crippen molar-refractivity contribution in [1.29, 1.82) is 5.41 Å². The van der Waals surface area contributed by atoms with Gasteiger partial charge in [0.1, 0.15) is 17.1 Å². The number of phenols is 1. The maximum absolute atomic E-state index is 12.5. The molecular formula is C21H20Br2N2O3S. The Morgan fingerprint density at radius 1 is 1.28 bits per heavy atom. The lowest BCUT2D eigenvalue weighted by Crippen LogP contribution is -2.25. The molecule has 0 bridgehead atoms. The highest BCUT2D eigenvalue weighted by Crippen LogP contribution is 2.36. The number of hydrogen-bond donors (Lipinski definition) is 3. The molecule has 4 rings (SSSR count). The molecule has 0 aliphatic heterocycles. The van der Waals surface area contributed by atoms with Crippen molar-refractivity contribution in [2.45, 2.75) is 31.1 Å². The first kappa shape index (κ1) is 20.9. The largest absolute Gasteiger partial charge is 0.593 e. The number of fused-ring (bicyclic) bond motifs is 1. The predicted octanol–water partition coefficient (Wildman–Crippen LogP) is 5.66. The van der Waals surface area contributed by atoms with Crippen molar-refractivity contribution in [2.75, 3.05) is 6.54 Å². The van der Waals surface area contributed by atoms with E-state index in [1.165, 1.54) is 12.8 Å². The van der Waals surface area contributed by atoms with Gasteiger partial charge in [-0.1, -0.05) is 6.92 Å². The summed E-state index contributed by atoms with van der Waals surface area (Å²) in [4.78, 5) is 0.669. The minimum Gasteiger partial charge on any atom is -0.593 e. The average molecular weight is 540 g/mol. The van der Waals surface area contributed by atoms with Gasteiger partial charge in [0.25, 0.3) is 0 Å².